The van der Waals surface area contributed by atoms with Gasteiger partial charge in [0.25, 0.3) is 6.49 Å². The molecule has 2 N–H and O–H groups in total. The van der Waals surface area contributed by atoms with E-state index in [1.54, 1.807) is 6.07 Å². The van der Waals surface area contributed by atoms with E-state index in [0.717, 1.165) is 43.8 Å². The second-order valence-electron chi connectivity index (χ2n) is 8.70. The lowest BCUT2D eigenvalue weighted by molar-refractivity contribution is 0.476. The number of hydrogen-bond donors (Lipinski definition) is 2. The highest BCUT2D eigenvalue weighted by Crippen LogP contribution is 2.51. The predicted octanol–water partition coefficient (Wildman–Crippen LogP) is 7.30. The van der Waals surface area contributed by atoms with Gasteiger partial charge in [-0.2, -0.15) is 0 Å². The summed E-state index contributed by atoms with van der Waals surface area (Å²) >= 11 is 5.75. The number of fused-ring (bicyclic) bond motifs is 2. The summed E-state index contributed by atoms with van der Waals surface area (Å²) < 4.78 is 6.36. The third kappa shape index (κ3) is 3.88. The van der Waals surface area contributed by atoms with Crippen LogP contribution in [0.2, 0.25) is 0 Å². The number of hydrogen-bond acceptors (Lipinski definition) is 3. The molecule has 0 saturated heterocycles. The number of rotatable bonds is 4. The first-order valence-electron chi connectivity index (χ1n) is 11.1. The highest BCUT2D eigenvalue weighted by molar-refractivity contribution is 8.13. The van der Waals surface area contributed by atoms with Crippen molar-refractivity contribution in [3.63, 3.8) is 0 Å². The smallest absolute Gasteiger partial charge is 0.267 e. The van der Waals surface area contributed by atoms with E-state index >= 15 is 0 Å². The van der Waals surface area contributed by atoms with E-state index in [2.05, 4.69) is 0 Å². The van der Waals surface area contributed by atoms with E-state index in [1.807, 2.05) is 99.6 Å². The highest BCUT2D eigenvalue weighted by Gasteiger charge is 2.27. The van der Waals surface area contributed by atoms with Gasteiger partial charge in [0, 0.05) is 11.1 Å². The summed E-state index contributed by atoms with van der Waals surface area (Å²) in [4.78, 5) is 11.6. The molecule has 1 unspecified atom stereocenters. The first kappa shape index (κ1) is 22.6. The maximum absolute atomic E-state index is 11.6. The molecular formula is C29H25O3PS. The van der Waals surface area contributed by atoms with E-state index < -0.39 is 6.49 Å². The first-order valence-corrected chi connectivity index (χ1v) is 13.8. The van der Waals surface area contributed by atoms with Crippen LogP contribution < -0.4 is 9.83 Å². The van der Waals surface area contributed by atoms with Crippen molar-refractivity contribution in [1.82, 2.24) is 0 Å². The molecule has 3 nitrogen and oxygen atoms in total. The normalized spacial score (nSPS) is 13.2. The minimum absolute atomic E-state index is 0.147. The van der Waals surface area contributed by atoms with Gasteiger partial charge in [-0.1, -0.05) is 78.4 Å². The fraction of sp³-hybridized carbons (Fsp3) is 0.103. The predicted molar refractivity (Wildman–Crippen MR) is 146 cm³/mol. The monoisotopic (exact) mass is 484 g/mol. The highest BCUT2D eigenvalue weighted by atomic mass is 32.5. The van der Waals surface area contributed by atoms with Crippen molar-refractivity contribution in [2.75, 3.05) is 0 Å². The third-order valence-corrected chi connectivity index (χ3v) is 8.67. The van der Waals surface area contributed by atoms with Gasteiger partial charge < -0.3 is 14.5 Å². The summed E-state index contributed by atoms with van der Waals surface area (Å²) in [6, 6.07) is 27.3. The van der Waals surface area contributed by atoms with Gasteiger partial charge in [0.2, 0.25) is 0 Å². The van der Waals surface area contributed by atoms with Crippen LogP contribution in [-0.2, 0) is 11.8 Å². The minimum Gasteiger partial charge on any atom is -0.507 e. The van der Waals surface area contributed by atoms with Crippen molar-refractivity contribution < 1.29 is 14.5 Å². The standard InChI is InChI=1S/C29H25O3PS/c1-18-16-19(2)29(20(3)17-18)33(31,34)32-26-15-13-22-9-5-7-11-24(22)28(26)27-23-10-6-4-8-21(23)12-14-25(27)30/h4-17,30H,1-3H3,(H,31,34). The van der Waals surface area contributed by atoms with Crippen LogP contribution >= 0.6 is 6.49 Å². The van der Waals surface area contributed by atoms with Crippen LogP contribution in [-0.4, -0.2) is 10.00 Å². The van der Waals surface area contributed by atoms with Crippen molar-refractivity contribution in [3.8, 4) is 22.6 Å². The molecule has 34 heavy (non-hydrogen) atoms. The summed E-state index contributed by atoms with van der Waals surface area (Å²) in [6.45, 7) is 2.52. The summed E-state index contributed by atoms with van der Waals surface area (Å²) in [5.41, 5.74) is 4.33. The molecule has 0 aromatic heterocycles. The Balaban J connectivity index is 1.80. The van der Waals surface area contributed by atoms with Gasteiger partial charge in [-0.3, -0.25) is 0 Å². The summed E-state index contributed by atoms with van der Waals surface area (Å²) in [5, 5.41) is 15.5. The lowest BCUT2D eigenvalue weighted by atomic mass is 9.92. The molecule has 0 aliphatic rings. The minimum atomic E-state index is -3.41. The molecule has 0 aliphatic heterocycles. The Morgan fingerprint density at radius 3 is 1.85 bits per heavy atom. The second-order valence-corrected chi connectivity index (χ2v) is 11.9. The van der Waals surface area contributed by atoms with Gasteiger partial charge in [-0.05, 0) is 77.4 Å². The Hall–Kier alpha value is -3.17. The third-order valence-electron chi connectivity index (χ3n) is 6.19. The van der Waals surface area contributed by atoms with Gasteiger partial charge in [0.05, 0.1) is 5.30 Å². The van der Waals surface area contributed by atoms with Gasteiger partial charge in [0.1, 0.15) is 11.5 Å². The molecule has 5 aromatic carbocycles. The number of aromatic hydroxyl groups is 1. The Bertz CT molecular complexity index is 1600. The maximum atomic E-state index is 11.6. The van der Waals surface area contributed by atoms with Gasteiger partial charge in [0.15, 0.2) is 0 Å². The Morgan fingerprint density at radius 1 is 0.706 bits per heavy atom. The summed E-state index contributed by atoms with van der Waals surface area (Å²) in [6.07, 6.45) is 0. The molecule has 5 rings (SSSR count). The SMILES string of the molecule is Cc1cc(C)c(P(O)(=S)Oc2ccc3ccccc3c2-c2c(O)ccc3ccccc23)c(C)c1. The molecule has 5 aromatic rings. The summed E-state index contributed by atoms with van der Waals surface area (Å²) in [5.74, 6) is 0.601. The van der Waals surface area contributed by atoms with Crippen molar-refractivity contribution in [1.29, 1.82) is 0 Å². The topological polar surface area (TPSA) is 49.7 Å². The number of aryl methyl sites for hydroxylation is 3. The molecular weight excluding hydrogens is 459 g/mol. The van der Waals surface area contributed by atoms with Crippen LogP contribution in [0.25, 0.3) is 32.7 Å². The van der Waals surface area contributed by atoms with Crippen molar-refractivity contribution in [2.45, 2.75) is 20.8 Å². The zero-order chi connectivity index (χ0) is 24.0. The molecule has 1 atom stereocenters. The molecule has 0 aliphatic carbocycles. The van der Waals surface area contributed by atoms with Crippen LogP contribution in [0.4, 0.5) is 0 Å². The Kier molecular flexibility index (Phi) is 5.69. The van der Waals surface area contributed by atoms with Gasteiger partial charge in [-0.25, -0.2) is 0 Å². The molecule has 0 saturated carbocycles. The second kappa shape index (κ2) is 8.56. The van der Waals surface area contributed by atoms with E-state index in [0.29, 0.717) is 16.6 Å². The molecule has 0 radical (unpaired) electrons. The number of benzene rings is 5. The van der Waals surface area contributed by atoms with Crippen LogP contribution in [0.3, 0.4) is 0 Å². The zero-order valence-corrected chi connectivity index (χ0v) is 21.0. The molecule has 0 heterocycles. The zero-order valence-electron chi connectivity index (χ0n) is 19.2. The lowest BCUT2D eigenvalue weighted by Crippen LogP contribution is -2.16. The van der Waals surface area contributed by atoms with E-state index in [-0.39, 0.29) is 5.75 Å². The average molecular weight is 485 g/mol. The quantitative estimate of drug-likeness (QED) is 0.263. The molecule has 170 valence electrons. The largest absolute Gasteiger partial charge is 0.507 e. The number of phenolic OH excluding ortho intramolecular Hbond substituents is 1. The fourth-order valence-corrected chi connectivity index (χ4v) is 7.54. The van der Waals surface area contributed by atoms with Crippen molar-refractivity contribution in [3.05, 3.63) is 102 Å². The number of phenols is 1. The lowest BCUT2D eigenvalue weighted by Gasteiger charge is -2.24. The Morgan fingerprint density at radius 2 is 1.24 bits per heavy atom. The molecule has 0 amide bonds. The molecule has 0 spiro atoms. The van der Waals surface area contributed by atoms with Crippen LogP contribution in [0.5, 0.6) is 11.5 Å². The van der Waals surface area contributed by atoms with Crippen molar-refractivity contribution in [2.24, 2.45) is 0 Å². The van der Waals surface area contributed by atoms with Crippen LogP contribution in [0.15, 0.2) is 84.9 Å². The van der Waals surface area contributed by atoms with Crippen LogP contribution in [0, 0.1) is 20.8 Å². The molecule has 0 bridgehead atoms. The maximum Gasteiger partial charge on any atom is 0.267 e. The summed E-state index contributed by atoms with van der Waals surface area (Å²) in [7, 11) is 0. The van der Waals surface area contributed by atoms with E-state index in [4.69, 9.17) is 16.3 Å². The Labute approximate surface area is 204 Å². The van der Waals surface area contributed by atoms with Crippen LogP contribution in [0.1, 0.15) is 16.7 Å². The molecule has 5 heteroatoms. The van der Waals surface area contributed by atoms with Gasteiger partial charge >= 0.3 is 0 Å². The fourth-order valence-electron chi connectivity index (χ4n) is 4.91. The van der Waals surface area contributed by atoms with Crippen molar-refractivity contribution >= 4 is 45.1 Å². The first-order chi connectivity index (χ1) is 16.3. The van der Waals surface area contributed by atoms with E-state index in [9.17, 15) is 10.00 Å². The van der Waals surface area contributed by atoms with Gasteiger partial charge in [-0.15, -0.1) is 0 Å². The van der Waals surface area contributed by atoms with E-state index in [1.165, 1.54) is 0 Å². The average Bonchev–Trinajstić information content (AvgIpc) is 2.78. The molecule has 0 fully saturated rings.